The van der Waals surface area contributed by atoms with Crippen molar-refractivity contribution in [3.05, 3.63) is 57.0 Å². The van der Waals surface area contributed by atoms with Gasteiger partial charge in [-0.05, 0) is 40.2 Å². The summed E-state index contributed by atoms with van der Waals surface area (Å²) in [4.78, 5) is 0. The van der Waals surface area contributed by atoms with Gasteiger partial charge in [0.1, 0.15) is 11.9 Å². The molecule has 1 atom stereocenters. The minimum Gasteiger partial charge on any atom is -0.495 e. The van der Waals surface area contributed by atoms with Crippen molar-refractivity contribution in [3.63, 3.8) is 0 Å². The van der Waals surface area contributed by atoms with E-state index in [-0.39, 0.29) is 0 Å². The van der Waals surface area contributed by atoms with Crippen molar-refractivity contribution in [1.29, 1.82) is 0 Å². The molecule has 0 heterocycles. The molecule has 5 heteroatoms. The number of nitrogen functional groups attached to an aromatic ring is 1. The maximum atomic E-state index is 10.5. The molecule has 3 nitrogen and oxygen atoms in total. The average Bonchev–Trinajstić information content (AvgIpc) is 2.40. The van der Waals surface area contributed by atoms with Gasteiger partial charge in [-0.3, -0.25) is 0 Å². The monoisotopic (exact) mass is 341 g/mol. The van der Waals surface area contributed by atoms with Gasteiger partial charge in [0, 0.05) is 21.8 Å². The summed E-state index contributed by atoms with van der Waals surface area (Å²) >= 11 is 9.33. The molecule has 0 radical (unpaired) electrons. The molecule has 100 valence electrons. The van der Waals surface area contributed by atoms with E-state index in [9.17, 15) is 5.11 Å². The zero-order valence-corrected chi connectivity index (χ0v) is 12.6. The molecule has 0 bridgehead atoms. The molecule has 1 unspecified atom stereocenters. The highest BCUT2D eigenvalue weighted by atomic mass is 79.9. The Balaban J connectivity index is 2.52. The largest absolute Gasteiger partial charge is 0.495 e. The number of aliphatic hydroxyl groups is 1. The molecule has 0 fully saturated rings. The number of halogens is 2. The lowest BCUT2D eigenvalue weighted by Crippen LogP contribution is -2.06. The van der Waals surface area contributed by atoms with E-state index in [0.29, 0.717) is 27.6 Å². The highest BCUT2D eigenvalue weighted by Crippen LogP contribution is 2.37. The number of methoxy groups -OCH3 is 1. The van der Waals surface area contributed by atoms with Gasteiger partial charge in [-0.15, -0.1) is 0 Å². The molecule has 3 N–H and O–H groups in total. The van der Waals surface area contributed by atoms with Gasteiger partial charge in [-0.25, -0.2) is 0 Å². The summed E-state index contributed by atoms with van der Waals surface area (Å²) in [5, 5.41) is 11.0. The van der Waals surface area contributed by atoms with Crippen LogP contribution in [-0.2, 0) is 0 Å². The van der Waals surface area contributed by atoms with Crippen LogP contribution in [0, 0.1) is 0 Å². The zero-order valence-electron chi connectivity index (χ0n) is 10.2. The van der Waals surface area contributed by atoms with E-state index in [1.807, 2.05) is 12.1 Å². The summed E-state index contributed by atoms with van der Waals surface area (Å²) in [5.41, 5.74) is 7.56. The molecule has 0 aromatic heterocycles. The lowest BCUT2D eigenvalue weighted by Gasteiger charge is -2.18. The van der Waals surface area contributed by atoms with Crippen LogP contribution in [0.3, 0.4) is 0 Å². The lowest BCUT2D eigenvalue weighted by atomic mass is 9.99. The number of hydrogen-bond donors (Lipinski definition) is 2. The van der Waals surface area contributed by atoms with Gasteiger partial charge in [0.25, 0.3) is 0 Å². The van der Waals surface area contributed by atoms with Gasteiger partial charge in [0.2, 0.25) is 0 Å². The predicted octanol–water partition coefficient (Wildman–Crippen LogP) is 3.78. The molecule has 0 spiro atoms. The first-order valence-corrected chi connectivity index (χ1v) is 6.77. The molecule has 19 heavy (non-hydrogen) atoms. The molecule has 0 aliphatic heterocycles. The van der Waals surface area contributed by atoms with Crippen LogP contribution >= 0.6 is 27.5 Å². The van der Waals surface area contributed by atoms with Crippen molar-refractivity contribution in [1.82, 2.24) is 0 Å². The first-order chi connectivity index (χ1) is 9.04. The van der Waals surface area contributed by atoms with Gasteiger partial charge in [-0.2, -0.15) is 0 Å². The molecule has 0 saturated carbocycles. The molecule has 2 rings (SSSR count). The van der Waals surface area contributed by atoms with Gasteiger partial charge in [0.15, 0.2) is 0 Å². The van der Waals surface area contributed by atoms with Gasteiger partial charge >= 0.3 is 0 Å². The lowest BCUT2D eigenvalue weighted by molar-refractivity contribution is 0.215. The van der Waals surface area contributed by atoms with E-state index in [0.717, 1.165) is 4.47 Å². The average molecular weight is 343 g/mol. The Kier molecular flexibility index (Phi) is 4.34. The van der Waals surface area contributed by atoms with Crippen molar-refractivity contribution in [2.45, 2.75) is 6.10 Å². The number of rotatable bonds is 3. The molecule has 0 aliphatic rings. The Morgan fingerprint density at radius 3 is 2.68 bits per heavy atom. The van der Waals surface area contributed by atoms with Crippen LogP contribution in [0.2, 0.25) is 5.02 Å². The molecule has 2 aromatic carbocycles. The second-order valence-corrected chi connectivity index (χ2v) is 5.33. The van der Waals surface area contributed by atoms with E-state index in [2.05, 4.69) is 15.9 Å². The summed E-state index contributed by atoms with van der Waals surface area (Å²) < 4.78 is 6.08. The highest BCUT2D eigenvalue weighted by molar-refractivity contribution is 9.10. The fourth-order valence-corrected chi connectivity index (χ4v) is 2.63. The topological polar surface area (TPSA) is 55.5 Å². The SMILES string of the molecule is COc1c(Br)cccc1C(O)c1cc(Cl)ccc1N. The summed E-state index contributed by atoms with van der Waals surface area (Å²) in [6, 6.07) is 10.5. The number of benzene rings is 2. The minimum atomic E-state index is -0.897. The van der Waals surface area contributed by atoms with Crippen LogP contribution in [0.1, 0.15) is 17.2 Å². The summed E-state index contributed by atoms with van der Waals surface area (Å²) in [6.45, 7) is 0. The number of anilines is 1. The maximum Gasteiger partial charge on any atom is 0.139 e. The zero-order chi connectivity index (χ0) is 14.0. The smallest absolute Gasteiger partial charge is 0.139 e. The second-order valence-electron chi connectivity index (χ2n) is 4.04. The van der Waals surface area contributed by atoms with Crippen LogP contribution in [0.25, 0.3) is 0 Å². The minimum absolute atomic E-state index is 0.485. The number of hydrogen-bond acceptors (Lipinski definition) is 3. The van der Waals surface area contributed by atoms with Crippen molar-refractivity contribution < 1.29 is 9.84 Å². The molecular formula is C14H13BrClNO2. The second kappa shape index (κ2) is 5.82. The number of para-hydroxylation sites is 1. The number of nitrogens with two attached hydrogens (primary N) is 1. The Morgan fingerprint density at radius 2 is 2.00 bits per heavy atom. The van der Waals surface area contributed by atoms with Gasteiger partial charge in [0.05, 0.1) is 11.6 Å². The van der Waals surface area contributed by atoms with Crippen molar-refractivity contribution in [2.75, 3.05) is 12.8 Å². The third kappa shape index (κ3) is 2.86. The van der Waals surface area contributed by atoms with Crippen LogP contribution in [0.5, 0.6) is 5.75 Å². The van der Waals surface area contributed by atoms with Gasteiger partial charge < -0.3 is 15.6 Å². The van der Waals surface area contributed by atoms with E-state index >= 15 is 0 Å². The van der Waals surface area contributed by atoms with Crippen molar-refractivity contribution in [3.8, 4) is 5.75 Å². The third-order valence-electron chi connectivity index (χ3n) is 2.84. The molecular weight excluding hydrogens is 330 g/mol. The van der Waals surface area contributed by atoms with E-state index in [1.54, 1.807) is 31.4 Å². The number of ether oxygens (including phenoxy) is 1. The van der Waals surface area contributed by atoms with Crippen molar-refractivity contribution >= 4 is 33.2 Å². The molecule has 0 saturated heterocycles. The Hall–Kier alpha value is -1.23. The first kappa shape index (κ1) is 14.2. The Morgan fingerprint density at radius 1 is 1.26 bits per heavy atom. The predicted molar refractivity (Wildman–Crippen MR) is 80.6 cm³/mol. The quantitative estimate of drug-likeness (QED) is 0.835. The van der Waals surface area contributed by atoms with Gasteiger partial charge in [-0.1, -0.05) is 23.7 Å². The first-order valence-electron chi connectivity index (χ1n) is 5.60. The van der Waals surface area contributed by atoms with Crippen LogP contribution in [0.4, 0.5) is 5.69 Å². The van der Waals surface area contributed by atoms with Crippen LogP contribution in [-0.4, -0.2) is 12.2 Å². The molecule has 0 aliphatic carbocycles. The highest BCUT2D eigenvalue weighted by Gasteiger charge is 2.19. The molecule has 0 amide bonds. The normalized spacial score (nSPS) is 12.2. The van der Waals surface area contributed by atoms with Crippen molar-refractivity contribution in [2.24, 2.45) is 0 Å². The third-order valence-corrected chi connectivity index (χ3v) is 3.70. The Bertz CT molecular complexity index is 604. The van der Waals surface area contributed by atoms with E-state index in [4.69, 9.17) is 22.1 Å². The molecule has 2 aromatic rings. The van der Waals surface area contributed by atoms with E-state index < -0.39 is 6.10 Å². The number of aliphatic hydroxyl groups excluding tert-OH is 1. The van der Waals surface area contributed by atoms with Crippen LogP contribution < -0.4 is 10.5 Å². The fraction of sp³-hybridized carbons (Fsp3) is 0.143. The summed E-state index contributed by atoms with van der Waals surface area (Å²) in [6.07, 6.45) is -0.897. The standard InChI is InChI=1S/C14H13BrClNO2/c1-19-14-9(3-2-4-11(14)15)13(18)10-7-8(16)5-6-12(10)17/h2-7,13,18H,17H2,1H3. The fourth-order valence-electron chi connectivity index (χ4n) is 1.91. The van der Waals surface area contributed by atoms with E-state index in [1.165, 1.54) is 0 Å². The Labute approximate surface area is 125 Å². The summed E-state index contributed by atoms with van der Waals surface area (Å²) in [5.74, 6) is 0.578. The van der Waals surface area contributed by atoms with Crippen LogP contribution in [0.15, 0.2) is 40.9 Å². The maximum absolute atomic E-state index is 10.5. The summed E-state index contributed by atoms with van der Waals surface area (Å²) in [7, 11) is 1.55.